The van der Waals surface area contributed by atoms with Crippen molar-refractivity contribution >= 4 is 22.4 Å². The average Bonchev–Trinajstić information content (AvgIpc) is 2.30. The van der Waals surface area contributed by atoms with E-state index in [0.717, 1.165) is 5.39 Å². The summed E-state index contributed by atoms with van der Waals surface area (Å²) in [5, 5.41) is 9.63. The fourth-order valence-corrected chi connectivity index (χ4v) is 1.61. The normalized spacial score (nSPS) is 10.1. The second-order valence-electron chi connectivity index (χ2n) is 3.55. The van der Waals surface area contributed by atoms with Gasteiger partial charge in [-0.2, -0.15) is 5.26 Å². The van der Waals surface area contributed by atoms with Crippen molar-refractivity contribution in [1.29, 1.82) is 5.26 Å². The van der Waals surface area contributed by atoms with E-state index in [9.17, 15) is 0 Å². The van der Waals surface area contributed by atoms with Crippen LogP contribution >= 0.6 is 0 Å². The van der Waals surface area contributed by atoms with E-state index in [-0.39, 0.29) is 5.82 Å². The minimum Gasteiger partial charge on any atom is -0.492 e. The highest BCUT2D eigenvalue weighted by Crippen LogP contribution is 2.28. The second kappa shape index (κ2) is 4.18. The van der Waals surface area contributed by atoms with Crippen LogP contribution in [-0.2, 0) is 0 Å². The van der Waals surface area contributed by atoms with Crippen LogP contribution in [0.3, 0.4) is 0 Å². The maximum atomic E-state index is 8.86. The Morgan fingerprint density at radius 2 is 2.12 bits per heavy atom. The molecule has 1 heterocycles. The summed E-state index contributed by atoms with van der Waals surface area (Å²) in [6, 6.07) is 7.12. The van der Waals surface area contributed by atoms with Crippen LogP contribution in [-0.4, -0.2) is 11.6 Å². The Hall–Kier alpha value is -2.48. The Morgan fingerprint density at radius 3 is 2.76 bits per heavy atom. The van der Waals surface area contributed by atoms with Crippen LogP contribution in [0.15, 0.2) is 18.2 Å². The monoisotopic (exact) mass is 228 g/mol. The molecule has 0 aliphatic rings. The van der Waals surface area contributed by atoms with Gasteiger partial charge in [0.25, 0.3) is 0 Å². The molecule has 0 aliphatic carbocycles. The Bertz CT molecular complexity index is 616. The standard InChI is InChI=1S/C12H12N4O/c1-2-17-11-5-10-7(4-9(11)14)3-8(6-13)12(15)16-10/h3-5H,2,14H2,1H3,(H2,15,16). The molecule has 0 unspecified atom stereocenters. The van der Waals surface area contributed by atoms with Gasteiger partial charge in [0.05, 0.1) is 23.4 Å². The molecule has 5 nitrogen and oxygen atoms in total. The highest BCUT2D eigenvalue weighted by Gasteiger charge is 2.07. The van der Waals surface area contributed by atoms with E-state index in [1.165, 1.54) is 0 Å². The quantitative estimate of drug-likeness (QED) is 0.762. The van der Waals surface area contributed by atoms with Crippen molar-refractivity contribution in [2.24, 2.45) is 0 Å². The largest absolute Gasteiger partial charge is 0.492 e. The number of fused-ring (bicyclic) bond motifs is 1. The van der Waals surface area contributed by atoms with Crippen LogP contribution in [0, 0.1) is 11.3 Å². The fourth-order valence-electron chi connectivity index (χ4n) is 1.61. The number of pyridine rings is 1. The lowest BCUT2D eigenvalue weighted by molar-refractivity contribution is 0.342. The number of anilines is 2. The summed E-state index contributed by atoms with van der Waals surface area (Å²) in [5.41, 5.74) is 13.0. The number of nitrogen functional groups attached to an aromatic ring is 2. The van der Waals surface area contributed by atoms with Crippen LogP contribution in [0.1, 0.15) is 12.5 Å². The highest BCUT2D eigenvalue weighted by molar-refractivity contribution is 5.87. The number of hydrogen-bond acceptors (Lipinski definition) is 5. The molecule has 0 bridgehead atoms. The first-order valence-electron chi connectivity index (χ1n) is 5.18. The van der Waals surface area contributed by atoms with Gasteiger partial charge in [-0.1, -0.05) is 0 Å². The van der Waals surface area contributed by atoms with Crippen LogP contribution in [0.4, 0.5) is 11.5 Å². The highest BCUT2D eigenvalue weighted by atomic mass is 16.5. The SMILES string of the molecule is CCOc1cc2nc(N)c(C#N)cc2cc1N. The summed E-state index contributed by atoms with van der Waals surface area (Å²) in [6.45, 7) is 2.41. The number of ether oxygens (including phenoxy) is 1. The van der Waals surface area contributed by atoms with E-state index in [1.807, 2.05) is 13.0 Å². The van der Waals surface area contributed by atoms with E-state index in [4.69, 9.17) is 21.5 Å². The molecule has 1 aromatic heterocycles. The molecule has 0 saturated carbocycles. The van der Waals surface area contributed by atoms with Gasteiger partial charge in [0.15, 0.2) is 0 Å². The van der Waals surface area contributed by atoms with Gasteiger partial charge in [-0.3, -0.25) is 0 Å². The molecule has 1 aromatic carbocycles. The summed E-state index contributed by atoms with van der Waals surface area (Å²) >= 11 is 0. The molecule has 86 valence electrons. The van der Waals surface area contributed by atoms with Gasteiger partial charge in [-0.05, 0) is 19.1 Å². The number of benzene rings is 1. The minimum absolute atomic E-state index is 0.215. The maximum absolute atomic E-state index is 8.86. The number of hydrogen-bond donors (Lipinski definition) is 2. The predicted octanol–water partition coefficient (Wildman–Crippen LogP) is 1.67. The molecule has 4 N–H and O–H groups in total. The average molecular weight is 228 g/mol. The van der Waals surface area contributed by atoms with E-state index in [2.05, 4.69) is 4.98 Å². The number of rotatable bonds is 2. The Kier molecular flexibility index (Phi) is 2.71. The fraction of sp³-hybridized carbons (Fsp3) is 0.167. The van der Waals surface area contributed by atoms with Crippen LogP contribution in [0.25, 0.3) is 10.9 Å². The molecule has 0 amide bonds. The number of aromatic nitrogens is 1. The number of nitrogens with two attached hydrogens (primary N) is 2. The van der Waals surface area contributed by atoms with Gasteiger partial charge in [0, 0.05) is 11.5 Å². The van der Waals surface area contributed by atoms with Crippen molar-refractivity contribution in [2.75, 3.05) is 18.1 Å². The van der Waals surface area contributed by atoms with Gasteiger partial charge in [-0.25, -0.2) is 4.98 Å². The smallest absolute Gasteiger partial charge is 0.144 e. The Labute approximate surface area is 98.6 Å². The lowest BCUT2D eigenvalue weighted by Crippen LogP contribution is -1.99. The van der Waals surface area contributed by atoms with E-state index in [1.54, 1.807) is 18.2 Å². The molecule has 0 spiro atoms. The van der Waals surface area contributed by atoms with Gasteiger partial charge < -0.3 is 16.2 Å². The van der Waals surface area contributed by atoms with Crippen molar-refractivity contribution < 1.29 is 4.74 Å². The summed E-state index contributed by atoms with van der Waals surface area (Å²) in [7, 11) is 0. The minimum atomic E-state index is 0.215. The molecule has 2 rings (SSSR count). The lowest BCUT2D eigenvalue weighted by atomic mass is 10.1. The molecule has 0 saturated heterocycles. The van der Waals surface area contributed by atoms with Gasteiger partial charge in [0.2, 0.25) is 0 Å². The summed E-state index contributed by atoms with van der Waals surface area (Å²) in [4.78, 5) is 4.15. The van der Waals surface area contributed by atoms with Crippen molar-refractivity contribution in [3.63, 3.8) is 0 Å². The Morgan fingerprint density at radius 1 is 1.35 bits per heavy atom. The topological polar surface area (TPSA) is 98.0 Å². The first-order chi connectivity index (χ1) is 8.15. The maximum Gasteiger partial charge on any atom is 0.144 e. The van der Waals surface area contributed by atoms with Crippen molar-refractivity contribution in [2.45, 2.75) is 6.92 Å². The van der Waals surface area contributed by atoms with Crippen molar-refractivity contribution in [1.82, 2.24) is 4.98 Å². The molecule has 0 radical (unpaired) electrons. The van der Waals surface area contributed by atoms with E-state index >= 15 is 0 Å². The molecule has 0 fully saturated rings. The Balaban J connectivity index is 2.67. The molecule has 0 atom stereocenters. The van der Waals surface area contributed by atoms with Crippen LogP contribution < -0.4 is 16.2 Å². The number of nitriles is 1. The zero-order valence-corrected chi connectivity index (χ0v) is 9.40. The molecule has 17 heavy (non-hydrogen) atoms. The molecule has 2 aromatic rings. The second-order valence-corrected chi connectivity index (χ2v) is 3.55. The van der Waals surface area contributed by atoms with Crippen molar-refractivity contribution in [3.8, 4) is 11.8 Å². The zero-order valence-electron chi connectivity index (χ0n) is 9.40. The molecular weight excluding hydrogens is 216 g/mol. The summed E-state index contributed by atoms with van der Waals surface area (Å²) < 4.78 is 5.37. The first kappa shape index (κ1) is 11.0. The van der Waals surface area contributed by atoms with Crippen LogP contribution in [0.2, 0.25) is 0 Å². The van der Waals surface area contributed by atoms with Gasteiger partial charge >= 0.3 is 0 Å². The van der Waals surface area contributed by atoms with Gasteiger partial charge in [0.1, 0.15) is 17.6 Å². The third kappa shape index (κ3) is 1.93. The summed E-state index contributed by atoms with van der Waals surface area (Å²) in [5.74, 6) is 0.795. The lowest BCUT2D eigenvalue weighted by Gasteiger charge is -2.08. The predicted molar refractivity (Wildman–Crippen MR) is 66.5 cm³/mol. The number of nitrogens with zero attached hydrogens (tertiary/aromatic N) is 2. The van der Waals surface area contributed by atoms with E-state index in [0.29, 0.717) is 29.1 Å². The molecule has 0 aliphatic heterocycles. The van der Waals surface area contributed by atoms with Gasteiger partial charge in [-0.15, -0.1) is 0 Å². The van der Waals surface area contributed by atoms with Crippen LogP contribution in [0.5, 0.6) is 5.75 Å². The zero-order chi connectivity index (χ0) is 12.4. The van der Waals surface area contributed by atoms with Crippen molar-refractivity contribution in [3.05, 3.63) is 23.8 Å². The third-order valence-corrected chi connectivity index (χ3v) is 2.40. The molecular formula is C12H12N4O. The summed E-state index contributed by atoms with van der Waals surface area (Å²) in [6.07, 6.45) is 0. The third-order valence-electron chi connectivity index (χ3n) is 2.40. The first-order valence-corrected chi connectivity index (χ1v) is 5.18. The molecule has 5 heteroatoms. The van der Waals surface area contributed by atoms with E-state index < -0.39 is 0 Å².